The Balaban J connectivity index is 1.96. The van der Waals surface area contributed by atoms with E-state index in [1.165, 1.54) is 10.5 Å². The van der Waals surface area contributed by atoms with Crippen molar-refractivity contribution in [2.75, 3.05) is 12.3 Å². The predicted molar refractivity (Wildman–Crippen MR) is 121 cm³/mol. The molecule has 0 radical (unpaired) electrons. The number of nitrogens with zero attached hydrogens (tertiary/aromatic N) is 3. The van der Waals surface area contributed by atoms with E-state index in [0.717, 1.165) is 11.1 Å². The number of nitrogens with one attached hydrogen (secondary N) is 1. The first-order chi connectivity index (χ1) is 15.0. The van der Waals surface area contributed by atoms with Crippen molar-refractivity contribution in [3.8, 4) is 0 Å². The fourth-order valence-electron chi connectivity index (χ4n) is 3.66. The van der Waals surface area contributed by atoms with E-state index in [-0.39, 0.29) is 22.8 Å². The molecule has 3 heterocycles. The van der Waals surface area contributed by atoms with Crippen molar-refractivity contribution in [1.29, 1.82) is 0 Å². The summed E-state index contributed by atoms with van der Waals surface area (Å²) in [5.74, 6) is -0.0867. The van der Waals surface area contributed by atoms with Gasteiger partial charge in [-0.1, -0.05) is 47.5 Å². The SMILES string of the molecule is C=CCNC(=O)c1cc2c(=O)n3cccc(C)c3nc2[n+](CCc2ccccc2)c1N. The van der Waals surface area contributed by atoms with Crippen molar-refractivity contribution in [2.24, 2.45) is 0 Å². The molecular weight excluding hydrogens is 390 g/mol. The number of amides is 1. The van der Waals surface area contributed by atoms with Crippen molar-refractivity contribution in [3.05, 3.63) is 94.4 Å². The van der Waals surface area contributed by atoms with Crippen molar-refractivity contribution < 1.29 is 9.36 Å². The minimum atomic E-state index is -0.360. The molecule has 1 amide bonds. The van der Waals surface area contributed by atoms with Gasteiger partial charge in [-0.05, 0) is 24.6 Å². The molecule has 1 aromatic carbocycles. The zero-order chi connectivity index (χ0) is 22.0. The molecule has 0 saturated carbocycles. The number of carbonyl (C=O) groups is 1. The number of hydrogen-bond acceptors (Lipinski definition) is 4. The lowest BCUT2D eigenvalue weighted by atomic mass is 10.1. The lowest BCUT2D eigenvalue weighted by Crippen LogP contribution is -2.43. The fourth-order valence-corrected chi connectivity index (χ4v) is 3.66. The van der Waals surface area contributed by atoms with Crippen LogP contribution in [0.25, 0.3) is 16.7 Å². The average Bonchev–Trinajstić information content (AvgIpc) is 2.78. The normalized spacial score (nSPS) is 11.0. The number of carbonyl (C=O) groups excluding carboxylic acids is 1. The van der Waals surface area contributed by atoms with E-state index >= 15 is 0 Å². The number of aromatic nitrogens is 3. The Kier molecular flexibility index (Phi) is 5.49. The lowest BCUT2D eigenvalue weighted by molar-refractivity contribution is -0.658. The predicted octanol–water partition coefficient (Wildman–Crippen LogP) is 2.18. The van der Waals surface area contributed by atoms with Crippen LogP contribution in [-0.2, 0) is 13.0 Å². The van der Waals surface area contributed by atoms with Gasteiger partial charge in [0, 0.05) is 24.7 Å². The van der Waals surface area contributed by atoms with Gasteiger partial charge in [-0.15, -0.1) is 6.58 Å². The Labute approximate surface area is 179 Å². The first kappa shape index (κ1) is 20.3. The van der Waals surface area contributed by atoms with Crippen LogP contribution in [0.5, 0.6) is 0 Å². The van der Waals surface area contributed by atoms with Crippen molar-refractivity contribution in [2.45, 2.75) is 19.9 Å². The maximum absolute atomic E-state index is 13.3. The van der Waals surface area contributed by atoms with Crippen LogP contribution in [0.2, 0.25) is 0 Å². The zero-order valence-corrected chi connectivity index (χ0v) is 17.3. The first-order valence-corrected chi connectivity index (χ1v) is 10.1. The Morgan fingerprint density at radius 1 is 1.26 bits per heavy atom. The lowest BCUT2D eigenvalue weighted by Gasteiger charge is -2.12. The number of anilines is 1. The minimum absolute atomic E-state index is 0.241. The van der Waals surface area contributed by atoms with Crippen molar-refractivity contribution in [3.63, 3.8) is 0 Å². The van der Waals surface area contributed by atoms with Crippen LogP contribution in [0.3, 0.4) is 0 Å². The van der Waals surface area contributed by atoms with Crippen LogP contribution < -0.4 is 21.2 Å². The van der Waals surface area contributed by atoms with Crippen LogP contribution in [0.15, 0.2) is 72.2 Å². The fraction of sp³-hybridized carbons (Fsp3) is 0.167. The summed E-state index contributed by atoms with van der Waals surface area (Å²) in [6.45, 7) is 6.30. The van der Waals surface area contributed by atoms with Crippen LogP contribution in [0, 0.1) is 6.92 Å². The summed E-state index contributed by atoms with van der Waals surface area (Å²) in [6.07, 6.45) is 3.95. The van der Waals surface area contributed by atoms with E-state index in [4.69, 9.17) is 10.7 Å². The summed E-state index contributed by atoms with van der Waals surface area (Å²) in [5.41, 5.74) is 9.48. The van der Waals surface area contributed by atoms with Crippen LogP contribution >= 0.6 is 0 Å². The highest BCUT2D eigenvalue weighted by atomic mass is 16.1. The number of hydrogen-bond donors (Lipinski definition) is 2. The molecule has 0 unspecified atom stereocenters. The summed E-state index contributed by atoms with van der Waals surface area (Å²) in [5, 5.41) is 3.08. The Morgan fingerprint density at radius 3 is 2.77 bits per heavy atom. The molecule has 3 N–H and O–H groups in total. The van der Waals surface area contributed by atoms with E-state index in [1.54, 1.807) is 22.9 Å². The first-order valence-electron chi connectivity index (χ1n) is 10.1. The third-order valence-electron chi connectivity index (χ3n) is 5.29. The van der Waals surface area contributed by atoms with E-state index in [2.05, 4.69) is 11.9 Å². The van der Waals surface area contributed by atoms with Gasteiger partial charge in [-0.2, -0.15) is 0 Å². The molecule has 0 bridgehead atoms. The molecule has 7 nitrogen and oxygen atoms in total. The Bertz CT molecular complexity index is 1360. The highest BCUT2D eigenvalue weighted by Gasteiger charge is 2.24. The Hall–Kier alpha value is -4.00. The number of nitrogens with two attached hydrogens (primary N) is 1. The topological polar surface area (TPSA) is 93.4 Å². The molecule has 31 heavy (non-hydrogen) atoms. The van der Waals surface area contributed by atoms with Gasteiger partial charge in [0.2, 0.25) is 11.5 Å². The van der Waals surface area contributed by atoms with Crippen molar-refractivity contribution >= 4 is 28.4 Å². The number of benzene rings is 1. The molecule has 4 rings (SSSR count). The molecule has 3 aromatic heterocycles. The second kappa shape index (κ2) is 8.39. The quantitative estimate of drug-likeness (QED) is 0.287. The van der Waals surface area contributed by atoms with Gasteiger partial charge in [-0.3, -0.25) is 14.0 Å². The van der Waals surface area contributed by atoms with E-state index in [1.807, 2.05) is 43.3 Å². The summed E-state index contributed by atoms with van der Waals surface area (Å²) < 4.78 is 3.26. The second-order valence-electron chi connectivity index (χ2n) is 7.37. The second-order valence-corrected chi connectivity index (χ2v) is 7.37. The van der Waals surface area contributed by atoms with Gasteiger partial charge in [0.05, 0.1) is 6.54 Å². The molecule has 0 aliphatic carbocycles. The highest BCUT2D eigenvalue weighted by molar-refractivity contribution is 6.00. The largest absolute Gasteiger partial charge is 0.348 e. The Morgan fingerprint density at radius 2 is 2.03 bits per heavy atom. The van der Waals surface area contributed by atoms with Crippen LogP contribution in [0.4, 0.5) is 5.82 Å². The van der Waals surface area contributed by atoms with Crippen molar-refractivity contribution in [1.82, 2.24) is 14.7 Å². The monoisotopic (exact) mass is 414 g/mol. The summed E-state index contributed by atoms with van der Waals surface area (Å²) in [7, 11) is 0. The molecule has 0 saturated heterocycles. The third-order valence-corrected chi connectivity index (χ3v) is 5.29. The van der Waals surface area contributed by atoms with E-state index < -0.39 is 0 Å². The molecule has 4 aromatic rings. The molecule has 7 heteroatoms. The minimum Gasteiger partial charge on any atom is -0.348 e. The number of rotatable bonds is 6. The molecule has 0 aliphatic heterocycles. The maximum Gasteiger partial charge on any atom is 0.278 e. The summed E-state index contributed by atoms with van der Waals surface area (Å²) in [4.78, 5) is 30.8. The van der Waals surface area contributed by atoms with Gasteiger partial charge < -0.3 is 11.1 Å². The zero-order valence-electron chi connectivity index (χ0n) is 17.3. The summed E-state index contributed by atoms with van der Waals surface area (Å²) >= 11 is 0. The van der Waals surface area contributed by atoms with Gasteiger partial charge in [0.1, 0.15) is 10.9 Å². The standard InChI is InChI=1S/C24H23N5O2/c1-3-12-26-23(30)18-15-19-22(27-21-16(2)8-7-13-29(21)24(19)31)28(20(18)25)14-11-17-9-5-4-6-10-17/h3-10,13,15,25H,1,11-12,14H2,2H3,(H,26,30)/p+1. The van der Waals surface area contributed by atoms with Gasteiger partial charge in [0.25, 0.3) is 17.1 Å². The summed E-state index contributed by atoms with van der Waals surface area (Å²) in [6, 6.07) is 15.2. The molecule has 0 aliphatic rings. The van der Waals surface area contributed by atoms with Crippen LogP contribution in [0.1, 0.15) is 21.5 Å². The maximum atomic E-state index is 13.3. The number of fused-ring (bicyclic) bond motifs is 2. The van der Waals surface area contributed by atoms with Gasteiger partial charge >= 0.3 is 0 Å². The number of aryl methyl sites for hydroxylation is 3. The van der Waals surface area contributed by atoms with Gasteiger partial charge in [-0.25, -0.2) is 4.57 Å². The average molecular weight is 414 g/mol. The smallest absolute Gasteiger partial charge is 0.278 e. The molecule has 0 atom stereocenters. The molecule has 0 fully saturated rings. The molecule has 156 valence electrons. The number of nitrogen functional groups attached to an aromatic ring is 1. The van der Waals surface area contributed by atoms with Crippen LogP contribution in [-0.4, -0.2) is 21.8 Å². The van der Waals surface area contributed by atoms with E-state index in [9.17, 15) is 9.59 Å². The van der Waals surface area contributed by atoms with E-state index in [0.29, 0.717) is 36.2 Å². The van der Waals surface area contributed by atoms with Gasteiger partial charge in [0.15, 0.2) is 0 Å². The molecule has 0 spiro atoms. The molecular formula is C24H24N5O2+. The highest BCUT2D eigenvalue weighted by Crippen LogP contribution is 2.16. The third kappa shape index (κ3) is 3.77. The number of pyridine rings is 2.